The fourth-order valence-electron chi connectivity index (χ4n) is 1.61. The Kier molecular flexibility index (Phi) is 3.01. The Morgan fingerprint density at radius 2 is 2.54 bits per heavy atom. The SMILES string of the molecule is CCc1nc(C2CCCN2)sc1Br. The van der Waals surface area contributed by atoms with E-state index in [1.165, 1.54) is 27.3 Å². The van der Waals surface area contributed by atoms with E-state index in [2.05, 4.69) is 33.2 Å². The van der Waals surface area contributed by atoms with Crippen molar-refractivity contribution in [2.75, 3.05) is 6.54 Å². The number of aryl methyl sites for hydroxylation is 1. The number of nitrogens with zero attached hydrogens (tertiary/aromatic N) is 1. The molecule has 1 N–H and O–H groups in total. The molecule has 0 spiro atoms. The molecule has 2 rings (SSSR count). The lowest BCUT2D eigenvalue weighted by Crippen LogP contribution is -2.12. The van der Waals surface area contributed by atoms with Crippen LogP contribution in [0.25, 0.3) is 0 Å². The molecule has 1 unspecified atom stereocenters. The zero-order chi connectivity index (χ0) is 9.26. The summed E-state index contributed by atoms with van der Waals surface area (Å²) in [5.41, 5.74) is 1.20. The van der Waals surface area contributed by atoms with E-state index in [-0.39, 0.29) is 0 Å². The van der Waals surface area contributed by atoms with E-state index in [0.717, 1.165) is 13.0 Å². The molecule has 1 fully saturated rings. The van der Waals surface area contributed by atoms with Gasteiger partial charge in [0.1, 0.15) is 5.01 Å². The maximum absolute atomic E-state index is 4.62. The number of halogens is 1. The van der Waals surface area contributed by atoms with E-state index in [4.69, 9.17) is 0 Å². The molecule has 1 atom stereocenters. The van der Waals surface area contributed by atoms with E-state index in [0.29, 0.717) is 6.04 Å². The van der Waals surface area contributed by atoms with E-state index in [1.54, 1.807) is 11.3 Å². The standard InChI is InChI=1S/C9H13BrN2S/c1-2-6-8(10)13-9(12-6)7-4-3-5-11-7/h7,11H,2-5H2,1H3. The molecule has 1 aliphatic heterocycles. The van der Waals surface area contributed by atoms with Gasteiger partial charge in [-0.05, 0) is 41.7 Å². The lowest BCUT2D eigenvalue weighted by Gasteiger charge is -2.03. The summed E-state index contributed by atoms with van der Waals surface area (Å²) >= 11 is 5.33. The zero-order valence-electron chi connectivity index (χ0n) is 7.64. The first-order chi connectivity index (χ1) is 6.31. The topological polar surface area (TPSA) is 24.9 Å². The number of hydrogen-bond donors (Lipinski definition) is 1. The summed E-state index contributed by atoms with van der Waals surface area (Å²) in [6, 6.07) is 0.515. The highest BCUT2D eigenvalue weighted by molar-refractivity contribution is 9.11. The van der Waals surface area contributed by atoms with Gasteiger partial charge in [0.05, 0.1) is 15.5 Å². The summed E-state index contributed by atoms with van der Waals surface area (Å²) in [7, 11) is 0. The Morgan fingerprint density at radius 3 is 3.08 bits per heavy atom. The van der Waals surface area contributed by atoms with Crippen molar-refractivity contribution < 1.29 is 0 Å². The van der Waals surface area contributed by atoms with E-state index in [1.807, 2.05) is 0 Å². The number of hydrogen-bond acceptors (Lipinski definition) is 3. The van der Waals surface area contributed by atoms with Gasteiger partial charge in [-0.3, -0.25) is 0 Å². The van der Waals surface area contributed by atoms with Crippen LogP contribution in [0.4, 0.5) is 0 Å². The van der Waals surface area contributed by atoms with Crippen LogP contribution < -0.4 is 5.32 Å². The fraction of sp³-hybridized carbons (Fsp3) is 0.667. The first-order valence-corrected chi connectivity index (χ1v) is 6.30. The van der Waals surface area contributed by atoms with Gasteiger partial charge in [0.25, 0.3) is 0 Å². The third kappa shape index (κ3) is 1.95. The quantitative estimate of drug-likeness (QED) is 0.885. The minimum absolute atomic E-state index is 0.515. The molecule has 0 aromatic carbocycles. The molecule has 0 amide bonds. The van der Waals surface area contributed by atoms with Crippen molar-refractivity contribution in [2.45, 2.75) is 32.2 Å². The molecule has 2 heterocycles. The Morgan fingerprint density at radius 1 is 1.69 bits per heavy atom. The van der Waals surface area contributed by atoms with Gasteiger partial charge in [-0.1, -0.05) is 6.92 Å². The highest BCUT2D eigenvalue weighted by atomic mass is 79.9. The summed E-state index contributed by atoms with van der Waals surface area (Å²) in [6.07, 6.45) is 3.54. The predicted octanol–water partition coefficient (Wildman–Crippen LogP) is 2.89. The van der Waals surface area contributed by atoms with Gasteiger partial charge in [-0.25, -0.2) is 4.98 Å². The Hall–Kier alpha value is 0.0700. The molecule has 0 saturated carbocycles. The van der Waals surface area contributed by atoms with Crippen LogP contribution in [-0.4, -0.2) is 11.5 Å². The number of nitrogens with one attached hydrogen (secondary N) is 1. The number of rotatable bonds is 2. The number of thiazole rings is 1. The lowest BCUT2D eigenvalue weighted by atomic mass is 10.2. The number of aromatic nitrogens is 1. The third-order valence-electron chi connectivity index (χ3n) is 2.36. The van der Waals surface area contributed by atoms with Crippen molar-refractivity contribution in [3.63, 3.8) is 0 Å². The lowest BCUT2D eigenvalue weighted by molar-refractivity contribution is 0.640. The molecule has 1 aliphatic rings. The smallest absolute Gasteiger partial charge is 0.111 e. The van der Waals surface area contributed by atoms with Crippen LogP contribution >= 0.6 is 27.3 Å². The molecule has 72 valence electrons. The van der Waals surface area contributed by atoms with E-state index in [9.17, 15) is 0 Å². The maximum Gasteiger partial charge on any atom is 0.111 e. The van der Waals surface area contributed by atoms with Gasteiger partial charge in [0, 0.05) is 0 Å². The third-order valence-corrected chi connectivity index (χ3v) is 4.30. The van der Waals surface area contributed by atoms with Gasteiger partial charge in [-0.2, -0.15) is 0 Å². The summed E-state index contributed by atoms with van der Waals surface area (Å²) in [4.78, 5) is 4.62. The first kappa shape index (κ1) is 9.62. The zero-order valence-corrected chi connectivity index (χ0v) is 10.0. The summed E-state index contributed by atoms with van der Waals surface area (Å²) < 4.78 is 1.21. The molecular formula is C9H13BrN2S. The van der Waals surface area contributed by atoms with Crippen LogP contribution in [0, 0.1) is 0 Å². The van der Waals surface area contributed by atoms with Crippen molar-refractivity contribution in [2.24, 2.45) is 0 Å². The molecular weight excluding hydrogens is 248 g/mol. The first-order valence-electron chi connectivity index (χ1n) is 4.69. The van der Waals surface area contributed by atoms with Crippen LogP contribution in [0.5, 0.6) is 0 Å². The van der Waals surface area contributed by atoms with Crippen molar-refractivity contribution in [1.82, 2.24) is 10.3 Å². The van der Waals surface area contributed by atoms with E-state index >= 15 is 0 Å². The minimum Gasteiger partial charge on any atom is -0.308 e. The van der Waals surface area contributed by atoms with Crippen molar-refractivity contribution >= 4 is 27.3 Å². The summed E-state index contributed by atoms with van der Waals surface area (Å²) in [5.74, 6) is 0. The Labute approximate surface area is 90.9 Å². The molecule has 0 bridgehead atoms. The second-order valence-corrected chi connectivity index (χ2v) is 5.62. The second-order valence-electron chi connectivity index (χ2n) is 3.27. The van der Waals surface area contributed by atoms with Crippen LogP contribution in [0.2, 0.25) is 0 Å². The molecule has 13 heavy (non-hydrogen) atoms. The van der Waals surface area contributed by atoms with E-state index < -0.39 is 0 Å². The molecule has 1 saturated heterocycles. The molecule has 1 aromatic heterocycles. The van der Waals surface area contributed by atoms with Crippen molar-refractivity contribution in [1.29, 1.82) is 0 Å². The summed E-state index contributed by atoms with van der Waals surface area (Å²) in [5, 5.41) is 4.72. The Balaban J connectivity index is 2.20. The van der Waals surface area contributed by atoms with Crippen LogP contribution in [0.1, 0.15) is 36.5 Å². The Bertz CT molecular complexity index is 292. The molecule has 2 nitrogen and oxygen atoms in total. The van der Waals surface area contributed by atoms with Gasteiger partial charge >= 0.3 is 0 Å². The molecule has 0 radical (unpaired) electrons. The van der Waals surface area contributed by atoms with Crippen molar-refractivity contribution in [3.8, 4) is 0 Å². The average molecular weight is 261 g/mol. The highest BCUT2D eigenvalue weighted by Gasteiger charge is 2.20. The fourth-order valence-corrected chi connectivity index (χ4v) is 3.47. The van der Waals surface area contributed by atoms with Crippen LogP contribution in [-0.2, 0) is 6.42 Å². The largest absolute Gasteiger partial charge is 0.308 e. The van der Waals surface area contributed by atoms with Crippen molar-refractivity contribution in [3.05, 3.63) is 14.5 Å². The maximum atomic E-state index is 4.62. The average Bonchev–Trinajstić information content (AvgIpc) is 2.71. The normalized spacial score (nSPS) is 22.5. The molecule has 4 heteroatoms. The van der Waals surface area contributed by atoms with Gasteiger partial charge in [0.2, 0.25) is 0 Å². The summed E-state index contributed by atoms with van der Waals surface area (Å²) in [6.45, 7) is 3.29. The van der Waals surface area contributed by atoms with Gasteiger partial charge in [0.15, 0.2) is 0 Å². The molecule has 0 aliphatic carbocycles. The highest BCUT2D eigenvalue weighted by Crippen LogP contribution is 2.32. The second kappa shape index (κ2) is 4.07. The minimum atomic E-state index is 0.515. The van der Waals surface area contributed by atoms with Gasteiger partial charge in [-0.15, -0.1) is 11.3 Å². The monoisotopic (exact) mass is 260 g/mol. The predicted molar refractivity (Wildman–Crippen MR) is 59.2 cm³/mol. The van der Waals surface area contributed by atoms with Crippen LogP contribution in [0.3, 0.4) is 0 Å². The molecule has 1 aromatic rings. The van der Waals surface area contributed by atoms with Gasteiger partial charge < -0.3 is 5.32 Å². The van der Waals surface area contributed by atoms with Crippen LogP contribution in [0.15, 0.2) is 3.79 Å².